The fraction of sp³-hybridized carbons (Fsp3) is 1.00. The van der Waals surface area contributed by atoms with Crippen LogP contribution >= 0.6 is 11.6 Å². The molecule has 1 fully saturated rings. The number of rotatable bonds is 2. The average Bonchev–Trinajstić information content (AvgIpc) is 1.82. The molecule has 1 aliphatic rings. The number of hydrogen-bond donors (Lipinski definition) is 0. The van der Waals surface area contributed by atoms with E-state index in [-0.39, 0.29) is 0 Å². The Morgan fingerprint density at radius 3 is 2.42 bits per heavy atom. The Labute approximate surface area is 81.6 Å². The molecule has 2 atom stereocenters. The lowest BCUT2D eigenvalue weighted by Gasteiger charge is -2.31. The molecule has 72 valence electrons. The van der Waals surface area contributed by atoms with E-state index in [0.717, 1.165) is 6.42 Å². The van der Waals surface area contributed by atoms with Crippen LogP contribution in [0.4, 0.5) is 0 Å². The Morgan fingerprint density at radius 2 is 1.92 bits per heavy atom. The summed E-state index contributed by atoms with van der Waals surface area (Å²) in [6, 6.07) is 0. The summed E-state index contributed by atoms with van der Waals surface area (Å²) in [6.07, 6.45) is 5.14. The van der Waals surface area contributed by atoms with Crippen molar-refractivity contribution in [3.8, 4) is 0 Å². The standard InChI is InChI=1S/C9H19ClOSi/c1-12(2,3)11-9-6-4-5-8(10)7-9/h8-9H,4-7H2,1-3H3. The van der Waals surface area contributed by atoms with Gasteiger partial charge in [0.15, 0.2) is 8.32 Å². The Morgan fingerprint density at radius 1 is 1.25 bits per heavy atom. The maximum Gasteiger partial charge on any atom is 0.184 e. The van der Waals surface area contributed by atoms with Crippen LogP contribution in [0, 0.1) is 0 Å². The summed E-state index contributed by atoms with van der Waals surface area (Å²) in [5.74, 6) is 0. The van der Waals surface area contributed by atoms with E-state index >= 15 is 0 Å². The number of hydrogen-bond acceptors (Lipinski definition) is 1. The zero-order valence-electron chi connectivity index (χ0n) is 8.27. The molecule has 1 rings (SSSR count). The highest BCUT2D eigenvalue weighted by atomic mass is 35.5. The molecule has 0 aromatic carbocycles. The topological polar surface area (TPSA) is 9.23 Å². The molecule has 0 aromatic rings. The van der Waals surface area contributed by atoms with Gasteiger partial charge in [-0.1, -0.05) is 0 Å². The SMILES string of the molecule is C[Si](C)(C)OC1CCCC(Cl)C1. The van der Waals surface area contributed by atoms with Crippen molar-refractivity contribution in [2.24, 2.45) is 0 Å². The molecule has 0 N–H and O–H groups in total. The summed E-state index contributed by atoms with van der Waals surface area (Å²) in [5.41, 5.74) is 0. The first-order valence-corrected chi connectivity index (χ1v) is 8.64. The van der Waals surface area contributed by atoms with Gasteiger partial charge in [0.25, 0.3) is 0 Å². The van der Waals surface area contributed by atoms with Crippen LogP contribution in [0.5, 0.6) is 0 Å². The van der Waals surface area contributed by atoms with Gasteiger partial charge in [-0.05, 0) is 45.3 Å². The van der Waals surface area contributed by atoms with Gasteiger partial charge in [0.1, 0.15) is 0 Å². The monoisotopic (exact) mass is 206 g/mol. The van der Waals surface area contributed by atoms with E-state index in [4.69, 9.17) is 16.0 Å². The molecule has 1 saturated carbocycles. The lowest BCUT2D eigenvalue weighted by atomic mass is 9.98. The molecule has 0 heterocycles. The van der Waals surface area contributed by atoms with Crippen LogP contribution in [-0.2, 0) is 4.43 Å². The molecular formula is C9H19ClOSi. The Bertz CT molecular complexity index is 144. The van der Waals surface area contributed by atoms with Crippen molar-refractivity contribution in [1.29, 1.82) is 0 Å². The summed E-state index contributed by atoms with van der Waals surface area (Å²) in [6.45, 7) is 6.72. The third-order valence-electron chi connectivity index (χ3n) is 2.08. The van der Waals surface area contributed by atoms with E-state index in [1.807, 2.05) is 0 Å². The molecular weight excluding hydrogens is 188 g/mol. The lowest BCUT2D eigenvalue weighted by Crippen LogP contribution is -2.35. The summed E-state index contributed by atoms with van der Waals surface area (Å²) in [7, 11) is -1.33. The zero-order chi connectivity index (χ0) is 9.19. The maximum absolute atomic E-state index is 6.08. The first-order chi connectivity index (χ1) is 5.47. The smallest absolute Gasteiger partial charge is 0.184 e. The fourth-order valence-corrected chi connectivity index (χ4v) is 3.26. The van der Waals surface area contributed by atoms with Gasteiger partial charge in [-0.2, -0.15) is 0 Å². The van der Waals surface area contributed by atoms with Crippen molar-refractivity contribution in [1.82, 2.24) is 0 Å². The van der Waals surface area contributed by atoms with Crippen molar-refractivity contribution in [3.05, 3.63) is 0 Å². The molecule has 1 nitrogen and oxygen atoms in total. The van der Waals surface area contributed by atoms with E-state index in [9.17, 15) is 0 Å². The van der Waals surface area contributed by atoms with Crippen LogP contribution in [0.15, 0.2) is 0 Å². The van der Waals surface area contributed by atoms with Crippen molar-refractivity contribution >= 4 is 19.9 Å². The summed E-state index contributed by atoms with van der Waals surface area (Å²) in [4.78, 5) is 0. The number of alkyl halides is 1. The van der Waals surface area contributed by atoms with Crippen LogP contribution in [0.25, 0.3) is 0 Å². The minimum Gasteiger partial charge on any atom is -0.415 e. The Balaban J connectivity index is 2.32. The van der Waals surface area contributed by atoms with Crippen molar-refractivity contribution < 1.29 is 4.43 Å². The minimum atomic E-state index is -1.33. The van der Waals surface area contributed by atoms with Gasteiger partial charge in [0.2, 0.25) is 0 Å². The molecule has 0 spiro atoms. The quantitative estimate of drug-likeness (QED) is 0.497. The van der Waals surface area contributed by atoms with Crippen LogP contribution in [0.1, 0.15) is 25.7 Å². The van der Waals surface area contributed by atoms with E-state index in [0.29, 0.717) is 11.5 Å². The highest BCUT2D eigenvalue weighted by molar-refractivity contribution is 6.69. The van der Waals surface area contributed by atoms with E-state index in [1.165, 1.54) is 19.3 Å². The molecule has 3 heteroatoms. The first kappa shape index (κ1) is 10.5. The minimum absolute atomic E-state index is 0.361. The maximum atomic E-state index is 6.08. The number of halogens is 1. The predicted molar refractivity (Wildman–Crippen MR) is 56.3 cm³/mol. The summed E-state index contributed by atoms with van der Waals surface area (Å²) in [5, 5.41) is 0.361. The van der Waals surface area contributed by atoms with Crippen LogP contribution in [0.3, 0.4) is 0 Å². The van der Waals surface area contributed by atoms with Gasteiger partial charge in [0, 0.05) is 11.5 Å². The van der Waals surface area contributed by atoms with E-state index in [1.54, 1.807) is 0 Å². The Hall–Kier alpha value is 0.467. The lowest BCUT2D eigenvalue weighted by molar-refractivity contribution is 0.150. The third-order valence-corrected chi connectivity index (χ3v) is 3.52. The van der Waals surface area contributed by atoms with E-state index < -0.39 is 8.32 Å². The molecule has 0 aromatic heterocycles. The second kappa shape index (κ2) is 4.12. The van der Waals surface area contributed by atoms with Crippen molar-refractivity contribution in [2.75, 3.05) is 0 Å². The highest BCUT2D eigenvalue weighted by Crippen LogP contribution is 2.26. The first-order valence-electron chi connectivity index (χ1n) is 4.79. The van der Waals surface area contributed by atoms with Crippen LogP contribution in [0.2, 0.25) is 19.6 Å². The van der Waals surface area contributed by atoms with Crippen LogP contribution in [-0.4, -0.2) is 19.8 Å². The summed E-state index contributed by atoms with van der Waals surface area (Å²) < 4.78 is 6.00. The molecule has 0 saturated heterocycles. The fourth-order valence-electron chi connectivity index (χ4n) is 1.70. The van der Waals surface area contributed by atoms with Gasteiger partial charge in [-0.25, -0.2) is 0 Å². The highest BCUT2D eigenvalue weighted by Gasteiger charge is 2.25. The largest absolute Gasteiger partial charge is 0.415 e. The van der Waals surface area contributed by atoms with Crippen molar-refractivity contribution in [2.45, 2.75) is 56.8 Å². The second-order valence-electron chi connectivity index (χ2n) is 4.62. The van der Waals surface area contributed by atoms with Gasteiger partial charge in [-0.3, -0.25) is 0 Å². The predicted octanol–water partition coefficient (Wildman–Crippen LogP) is 3.39. The van der Waals surface area contributed by atoms with Gasteiger partial charge in [-0.15, -0.1) is 11.6 Å². The molecule has 0 amide bonds. The molecule has 2 unspecified atom stereocenters. The summed E-state index contributed by atoms with van der Waals surface area (Å²) >= 11 is 6.08. The molecule has 0 bridgehead atoms. The van der Waals surface area contributed by atoms with Gasteiger partial charge < -0.3 is 4.43 Å². The molecule has 12 heavy (non-hydrogen) atoms. The zero-order valence-corrected chi connectivity index (χ0v) is 10.0. The van der Waals surface area contributed by atoms with E-state index in [2.05, 4.69) is 19.6 Å². The second-order valence-corrected chi connectivity index (χ2v) is 9.69. The third kappa shape index (κ3) is 3.92. The normalized spacial score (nSPS) is 32.0. The Kier molecular flexibility index (Phi) is 3.62. The van der Waals surface area contributed by atoms with Gasteiger partial charge in [0.05, 0.1) is 0 Å². The van der Waals surface area contributed by atoms with Gasteiger partial charge >= 0.3 is 0 Å². The van der Waals surface area contributed by atoms with Crippen LogP contribution < -0.4 is 0 Å². The molecule has 0 radical (unpaired) electrons. The van der Waals surface area contributed by atoms with Crippen molar-refractivity contribution in [3.63, 3.8) is 0 Å². The average molecular weight is 207 g/mol. The molecule has 1 aliphatic carbocycles. The molecule has 0 aliphatic heterocycles.